The van der Waals surface area contributed by atoms with E-state index in [2.05, 4.69) is 38.4 Å². The number of hydrogen-bond acceptors (Lipinski definition) is 5. The number of carbonyl (C=O) groups excluding carboxylic acids is 1. The van der Waals surface area contributed by atoms with Gasteiger partial charge in [0.25, 0.3) is 0 Å². The Kier molecular flexibility index (Phi) is 5.88. The summed E-state index contributed by atoms with van der Waals surface area (Å²) in [6.07, 6.45) is 0. The number of thiophene rings is 1. The van der Waals surface area contributed by atoms with Gasteiger partial charge in [0.2, 0.25) is 5.91 Å². The van der Waals surface area contributed by atoms with Gasteiger partial charge in [0.05, 0.1) is 20.1 Å². The van der Waals surface area contributed by atoms with Gasteiger partial charge in [0.15, 0.2) is 5.13 Å². The van der Waals surface area contributed by atoms with Crippen LogP contribution in [0, 0.1) is 0 Å². The topological polar surface area (TPSA) is 42.0 Å². The second-order valence-electron chi connectivity index (χ2n) is 4.67. The quantitative estimate of drug-likeness (QED) is 0.567. The molecule has 0 unspecified atom stereocenters. The van der Waals surface area contributed by atoms with Crippen molar-refractivity contribution in [3.8, 4) is 10.6 Å². The van der Waals surface area contributed by atoms with Crippen LogP contribution in [0.15, 0.2) is 51.6 Å². The number of benzene rings is 1. The molecule has 3 aromatic rings. The lowest BCUT2D eigenvalue weighted by Gasteiger charge is -2.02. The zero-order chi connectivity index (χ0) is 16.1. The van der Waals surface area contributed by atoms with Crippen LogP contribution in [-0.2, 0) is 10.5 Å². The Hall–Kier alpha value is -1.15. The van der Waals surface area contributed by atoms with Gasteiger partial charge in [0.1, 0.15) is 0 Å². The molecule has 23 heavy (non-hydrogen) atoms. The maximum Gasteiger partial charge on any atom is 0.236 e. The van der Waals surface area contributed by atoms with Gasteiger partial charge in [-0.2, -0.15) is 0 Å². The number of amides is 1. The number of nitrogens with zero attached hydrogens (tertiary/aromatic N) is 1. The van der Waals surface area contributed by atoms with Crippen molar-refractivity contribution in [1.29, 1.82) is 0 Å². The number of nitrogens with one attached hydrogen (secondary N) is 1. The number of thioether (sulfide) groups is 1. The third kappa shape index (κ3) is 4.91. The molecule has 118 valence electrons. The maximum absolute atomic E-state index is 12.0. The predicted molar refractivity (Wildman–Crippen MR) is 104 cm³/mol. The summed E-state index contributed by atoms with van der Waals surface area (Å²) < 4.78 is 1.07. The second-order valence-corrected chi connectivity index (χ2v) is 8.97. The van der Waals surface area contributed by atoms with Crippen LogP contribution in [0.4, 0.5) is 5.13 Å². The Morgan fingerprint density at radius 2 is 2.04 bits per heavy atom. The van der Waals surface area contributed by atoms with E-state index in [4.69, 9.17) is 0 Å². The summed E-state index contributed by atoms with van der Waals surface area (Å²) in [5.74, 6) is 1.24. The van der Waals surface area contributed by atoms with E-state index < -0.39 is 0 Å². The van der Waals surface area contributed by atoms with Crippen LogP contribution in [0.2, 0.25) is 0 Å². The molecule has 2 heterocycles. The average molecular weight is 425 g/mol. The van der Waals surface area contributed by atoms with Gasteiger partial charge in [-0.1, -0.05) is 30.3 Å². The van der Waals surface area contributed by atoms with Crippen LogP contribution >= 0.6 is 50.4 Å². The molecular weight excluding hydrogens is 412 g/mol. The molecule has 0 atom stereocenters. The molecule has 0 fully saturated rings. The van der Waals surface area contributed by atoms with Crippen molar-refractivity contribution < 1.29 is 4.79 Å². The first-order valence-corrected chi connectivity index (χ1v) is 10.5. The number of rotatable bonds is 6. The van der Waals surface area contributed by atoms with Crippen LogP contribution in [0.25, 0.3) is 10.6 Å². The monoisotopic (exact) mass is 424 g/mol. The molecule has 2 aromatic heterocycles. The number of halogens is 1. The van der Waals surface area contributed by atoms with Gasteiger partial charge >= 0.3 is 0 Å². The van der Waals surface area contributed by atoms with E-state index in [1.54, 1.807) is 23.1 Å². The lowest BCUT2D eigenvalue weighted by molar-refractivity contribution is -0.113. The Morgan fingerprint density at radius 1 is 1.22 bits per heavy atom. The van der Waals surface area contributed by atoms with Gasteiger partial charge in [-0.3, -0.25) is 4.79 Å². The third-order valence-electron chi connectivity index (χ3n) is 2.92. The van der Waals surface area contributed by atoms with E-state index >= 15 is 0 Å². The summed E-state index contributed by atoms with van der Waals surface area (Å²) in [6.45, 7) is 0. The number of aromatic nitrogens is 1. The number of anilines is 1. The molecule has 1 amide bonds. The first-order chi connectivity index (χ1) is 11.2. The van der Waals surface area contributed by atoms with Crippen molar-refractivity contribution in [3.05, 3.63) is 57.2 Å². The third-order valence-corrected chi connectivity index (χ3v) is 6.33. The number of hydrogen-bond donors (Lipinski definition) is 1. The molecular formula is C16H13BrN2OS3. The summed E-state index contributed by atoms with van der Waals surface area (Å²) in [5.41, 5.74) is 2.13. The molecule has 0 aliphatic carbocycles. The van der Waals surface area contributed by atoms with Gasteiger partial charge < -0.3 is 5.32 Å². The minimum Gasteiger partial charge on any atom is -0.301 e. The molecule has 3 rings (SSSR count). The van der Waals surface area contributed by atoms with E-state index in [-0.39, 0.29) is 5.91 Å². The first-order valence-electron chi connectivity index (χ1n) is 6.83. The smallest absolute Gasteiger partial charge is 0.236 e. The minimum atomic E-state index is -0.0146. The van der Waals surface area contributed by atoms with E-state index in [1.165, 1.54) is 16.9 Å². The maximum atomic E-state index is 12.0. The molecule has 7 heteroatoms. The van der Waals surface area contributed by atoms with Crippen molar-refractivity contribution >= 4 is 61.4 Å². The van der Waals surface area contributed by atoms with Crippen LogP contribution < -0.4 is 5.32 Å². The normalized spacial score (nSPS) is 10.7. The highest BCUT2D eigenvalue weighted by Gasteiger charge is 2.09. The Labute approximate surface area is 155 Å². The molecule has 0 saturated carbocycles. The van der Waals surface area contributed by atoms with Crippen LogP contribution in [0.3, 0.4) is 0 Å². The Morgan fingerprint density at radius 3 is 2.78 bits per heavy atom. The van der Waals surface area contributed by atoms with E-state index in [9.17, 15) is 4.79 Å². The summed E-state index contributed by atoms with van der Waals surface area (Å²) >= 11 is 8.13. The van der Waals surface area contributed by atoms with Gasteiger partial charge in [-0.05, 0) is 33.6 Å². The standard InChI is InChI=1S/C16H13BrN2OS3/c17-14-7-6-13(23-14)12-9-22-16(18-12)19-15(20)10-21-8-11-4-2-1-3-5-11/h1-7,9H,8,10H2,(H,18,19,20). The van der Waals surface area contributed by atoms with Crippen molar-refractivity contribution in [1.82, 2.24) is 4.98 Å². The SMILES string of the molecule is O=C(CSCc1ccccc1)Nc1nc(-c2ccc(Br)s2)cs1. The van der Waals surface area contributed by atoms with E-state index in [0.717, 1.165) is 20.1 Å². The largest absolute Gasteiger partial charge is 0.301 e. The number of thiazole rings is 1. The molecule has 0 spiro atoms. The van der Waals surface area contributed by atoms with Crippen molar-refractivity contribution in [2.24, 2.45) is 0 Å². The minimum absolute atomic E-state index is 0.0146. The molecule has 0 bridgehead atoms. The Balaban J connectivity index is 1.49. The second kappa shape index (κ2) is 8.10. The zero-order valence-electron chi connectivity index (χ0n) is 12.0. The average Bonchev–Trinajstić information content (AvgIpc) is 3.17. The lowest BCUT2D eigenvalue weighted by atomic mass is 10.2. The van der Waals surface area contributed by atoms with Crippen LogP contribution in [-0.4, -0.2) is 16.6 Å². The summed E-state index contributed by atoms with van der Waals surface area (Å²) in [4.78, 5) is 17.5. The van der Waals surface area contributed by atoms with Gasteiger partial charge in [-0.15, -0.1) is 34.4 Å². The number of carbonyl (C=O) groups is 1. The predicted octanol–water partition coefficient (Wildman–Crippen LogP) is 5.51. The summed E-state index contributed by atoms with van der Waals surface area (Å²) in [7, 11) is 0. The lowest BCUT2D eigenvalue weighted by Crippen LogP contribution is -2.13. The van der Waals surface area contributed by atoms with Crippen molar-refractivity contribution in [2.75, 3.05) is 11.1 Å². The van der Waals surface area contributed by atoms with Crippen LogP contribution in [0.1, 0.15) is 5.56 Å². The molecule has 0 aliphatic rings. The summed E-state index contributed by atoms with van der Waals surface area (Å²) in [5, 5.41) is 5.48. The summed E-state index contributed by atoms with van der Waals surface area (Å²) in [6, 6.07) is 14.2. The van der Waals surface area contributed by atoms with Crippen molar-refractivity contribution in [3.63, 3.8) is 0 Å². The highest BCUT2D eigenvalue weighted by Crippen LogP contribution is 2.33. The Bertz CT molecular complexity index is 785. The molecule has 0 aliphatic heterocycles. The highest BCUT2D eigenvalue weighted by atomic mass is 79.9. The fourth-order valence-electron chi connectivity index (χ4n) is 1.89. The highest BCUT2D eigenvalue weighted by molar-refractivity contribution is 9.11. The fourth-order valence-corrected chi connectivity index (χ4v) is 4.82. The molecule has 0 saturated heterocycles. The van der Waals surface area contributed by atoms with Crippen LogP contribution in [0.5, 0.6) is 0 Å². The van der Waals surface area contributed by atoms with Gasteiger partial charge in [-0.25, -0.2) is 4.98 Å². The molecule has 1 N–H and O–H groups in total. The van der Waals surface area contributed by atoms with E-state index in [0.29, 0.717) is 10.9 Å². The first kappa shape index (κ1) is 16.7. The zero-order valence-corrected chi connectivity index (χ0v) is 16.0. The van der Waals surface area contributed by atoms with E-state index in [1.807, 2.05) is 35.7 Å². The fraction of sp³-hybridized carbons (Fsp3) is 0.125. The molecule has 3 nitrogen and oxygen atoms in total. The van der Waals surface area contributed by atoms with Gasteiger partial charge in [0, 0.05) is 11.1 Å². The van der Waals surface area contributed by atoms with Crippen molar-refractivity contribution in [2.45, 2.75) is 5.75 Å². The molecule has 1 aromatic carbocycles. The molecule has 0 radical (unpaired) electrons.